The van der Waals surface area contributed by atoms with E-state index in [-0.39, 0.29) is 29.6 Å². The average molecular weight is 402 g/mol. The minimum atomic E-state index is -3.87. The van der Waals surface area contributed by atoms with Crippen molar-refractivity contribution in [2.24, 2.45) is 0 Å². The van der Waals surface area contributed by atoms with Gasteiger partial charge in [0.05, 0.1) is 16.4 Å². The van der Waals surface area contributed by atoms with Gasteiger partial charge in [-0.2, -0.15) is 9.29 Å². The lowest BCUT2D eigenvalue weighted by Gasteiger charge is -2.18. The van der Waals surface area contributed by atoms with E-state index in [2.05, 4.69) is 10.1 Å². The summed E-state index contributed by atoms with van der Waals surface area (Å²) in [5.74, 6) is 0.529. The zero-order valence-corrected chi connectivity index (χ0v) is 16.1. The number of benzene rings is 2. The number of nitro groups is 1. The maximum atomic E-state index is 12.8. The summed E-state index contributed by atoms with van der Waals surface area (Å²) < 4.78 is 32.0. The third-order valence-electron chi connectivity index (χ3n) is 4.13. The Kier molecular flexibility index (Phi) is 5.52. The molecule has 0 atom stereocenters. The lowest BCUT2D eigenvalue weighted by atomic mass is 10.1. The summed E-state index contributed by atoms with van der Waals surface area (Å²) in [6, 6.07) is 12.3. The predicted octanol–water partition coefficient (Wildman–Crippen LogP) is 3.16. The van der Waals surface area contributed by atoms with E-state index in [1.54, 1.807) is 6.92 Å². The van der Waals surface area contributed by atoms with Crippen LogP contribution in [0.25, 0.3) is 11.4 Å². The summed E-state index contributed by atoms with van der Waals surface area (Å²) in [6.07, 6.45) is 0. The fraction of sp³-hybridized carbons (Fsp3) is 0.222. The van der Waals surface area contributed by atoms with Crippen molar-refractivity contribution >= 4 is 15.7 Å². The van der Waals surface area contributed by atoms with Crippen molar-refractivity contribution < 1.29 is 17.9 Å². The highest BCUT2D eigenvalue weighted by Crippen LogP contribution is 2.22. The van der Waals surface area contributed by atoms with Crippen LogP contribution in [0.4, 0.5) is 5.69 Å². The first-order chi connectivity index (χ1) is 13.3. The van der Waals surface area contributed by atoms with Gasteiger partial charge in [-0.1, -0.05) is 41.9 Å². The molecule has 0 N–H and O–H groups in total. The maximum Gasteiger partial charge on any atom is 0.269 e. The van der Waals surface area contributed by atoms with E-state index in [0.29, 0.717) is 5.82 Å². The molecule has 3 aromatic rings. The summed E-state index contributed by atoms with van der Waals surface area (Å²) in [7, 11) is -3.87. The number of nitrogens with zero attached hydrogens (tertiary/aromatic N) is 4. The Morgan fingerprint density at radius 2 is 1.75 bits per heavy atom. The average Bonchev–Trinajstić information content (AvgIpc) is 3.15. The lowest BCUT2D eigenvalue weighted by Crippen LogP contribution is -2.30. The monoisotopic (exact) mass is 402 g/mol. The van der Waals surface area contributed by atoms with Gasteiger partial charge in [-0.15, -0.1) is 0 Å². The van der Waals surface area contributed by atoms with Gasteiger partial charge in [-0.05, 0) is 19.1 Å². The highest BCUT2D eigenvalue weighted by molar-refractivity contribution is 7.89. The number of aromatic nitrogens is 2. The van der Waals surface area contributed by atoms with Crippen LogP contribution in [0.1, 0.15) is 18.4 Å². The third-order valence-corrected chi connectivity index (χ3v) is 6.06. The van der Waals surface area contributed by atoms with Gasteiger partial charge in [-0.3, -0.25) is 10.1 Å². The Balaban J connectivity index is 1.81. The van der Waals surface area contributed by atoms with Crippen LogP contribution < -0.4 is 0 Å². The normalized spacial score (nSPS) is 11.7. The van der Waals surface area contributed by atoms with Crippen LogP contribution in [0, 0.1) is 17.0 Å². The predicted molar refractivity (Wildman–Crippen MR) is 101 cm³/mol. The molecule has 3 rings (SSSR count). The van der Waals surface area contributed by atoms with Gasteiger partial charge < -0.3 is 4.52 Å². The second-order valence-corrected chi connectivity index (χ2v) is 8.00. The number of sulfonamides is 1. The molecule has 0 unspecified atom stereocenters. The molecule has 0 bridgehead atoms. The summed E-state index contributed by atoms with van der Waals surface area (Å²) in [4.78, 5) is 14.4. The largest absolute Gasteiger partial charge is 0.338 e. The van der Waals surface area contributed by atoms with Gasteiger partial charge in [0.25, 0.3) is 5.69 Å². The summed E-state index contributed by atoms with van der Waals surface area (Å²) in [5.41, 5.74) is 1.68. The van der Waals surface area contributed by atoms with E-state index in [0.717, 1.165) is 23.3 Å². The molecule has 0 saturated carbocycles. The van der Waals surface area contributed by atoms with E-state index >= 15 is 0 Å². The number of aryl methyl sites for hydroxylation is 1. The molecule has 9 nitrogen and oxygen atoms in total. The molecule has 0 spiro atoms. The van der Waals surface area contributed by atoms with Gasteiger partial charge in [0.15, 0.2) is 0 Å². The summed E-state index contributed by atoms with van der Waals surface area (Å²) in [5, 5.41) is 14.7. The van der Waals surface area contributed by atoms with Crippen LogP contribution in [0.15, 0.2) is 57.9 Å². The molecular weight excluding hydrogens is 384 g/mol. The van der Waals surface area contributed by atoms with E-state index in [1.165, 1.54) is 16.4 Å². The summed E-state index contributed by atoms with van der Waals surface area (Å²) >= 11 is 0. The van der Waals surface area contributed by atoms with Crippen LogP contribution in [-0.2, 0) is 16.6 Å². The minimum Gasteiger partial charge on any atom is -0.338 e. The smallest absolute Gasteiger partial charge is 0.269 e. The summed E-state index contributed by atoms with van der Waals surface area (Å²) in [6.45, 7) is 3.71. The number of nitro benzene ring substituents is 1. The first-order valence-corrected chi connectivity index (χ1v) is 9.89. The zero-order chi connectivity index (χ0) is 20.3. The lowest BCUT2D eigenvalue weighted by molar-refractivity contribution is -0.384. The third kappa shape index (κ3) is 4.07. The molecule has 0 aliphatic heterocycles. The van der Waals surface area contributed by atoms with Gasteiger partial charge in [-0.25, -0.2) is 8.42 Å². The maximum absolute atomic E-state index is 12.8. The molecule has 2 aromatic carbocycles. The first-order valence-electron chi connectivity index (χ1n) is 8.45. The van der Waals surface area contributed by atoms with Crippen LogP contribution in [-0.4, -0.2) is 34.3 Å². The highest BCUT2D eigenvalue weighted by Gasteiger charge is 2.26. The van der Waals surface area contributed by atoms with Gasteiger partial charge in [0, 0.05) is 24.2 Å². The fourth-order valence-corrected chi connectivity index (χ4v) is 3.94. The van der Waals surface area contributed by atoms with E-state index in [9.17, 15) is 18.5 Å². The number of hydrogen-bond acceptors (Lipinski definition) is 7. The molecule has 1 aromatic heterocycles. The molecule has 28 heavy (non-hydrogen) atoms. The first kappa shape index (κ1) is 19.6. The van der Waals surface area contributed by atoms with Crippen LogP contribution >= 0.6 is 0 Å². The molecule has 0 amide bonds. The Labute approximate surface area is 161 Å². The SMILES string of the molecule is CCN(Cc1nc(-c2ccc(C)cc2)no1)S(=O)(=O)c1ccc([N+](=O)[O-])cc1. The van der Waals surface area contributed by atoms with Crippen molar-refractivity contribution in [1.82, 2.24) is 14.4 Å². The topological polar surface area (TPSA) is 119 Å². The van der Waals surface area contributed by atoms with Crippen molar-refractivity contribution in [3.63, 3.8) is 0 Å². The molecule has 146 valence electrons. The van der Waals surface area contributed by atoms with E-state index in [4.69, 9.17) is 4.52 Å². The molecule has 0 aliphatic rings. The molecular formula is C18H18N4O5S. The van der Waals surface area contributed by atoms with Crippen LogP contribution in [0.3, 0.4) is 0 Å². The van der Waals surface area contributed by atoms with Crippen LogP contribution in [0.2, 0.25) is 0 Å². The Bertz CT molecular complexity index is 1080. The molecule has 0 fully saturated rings. The van der Waals surface area contributed by atoms with Crippen molar-refractivity contribution in [2.75, 3.05) is 6.54 Å². The Hall–Kier alpha value is -3.11. The number of rotatable bonds is 7. The molecule has 0 aliphatic carbocycles. The van der Waals surface area contributed by atoms with E-state index in [1.807, 2.05) is 31.2 Å². The Morgan fingerprint density at radius 1 is 1.11 bits per heavy atom. The van der Waals surface area contributed by atoms with Crippen molar-refractivity contribution in [3.05, 3.63) is 70.1 Å². The number of hydrogen-bond donors (Lipinski definition) is 0. The molecule has 1 heterocycles. The van der Waals surface area contributed by atoms with E-state index < -0.39 is 14.9 Å². The second kappa shape index (κ2) is 7.87. The molecule has 0 radical (unpaired) electrons. The molecule has 0 saturated heterocycles. The van der Waals surface area contributed by atoms with Crippen molar-refractivity contribution in [1.29, 1.82) is 0 Å². The number of non-ortho nitro benzene ring substituents is 1. The second-order valence-electron chi connectivity index (χ2n) is 6.06. The van der Waals surface area contributed by atoms with Crippen molar-refractivity contribution in [3.8, 4) is 11.4 Å². The van der Waals surface area contributed by atoms with Gasteiger partial charge in [0.1, 0.15) is 0 Å². The minimum absolute atomic E-state index is 0.0433. The standard InChI is InChI=1S/C18H18N4O5S/c1-3-21(28(25,26)16-10-8-15(9-11-16)22(23)24)12-17-19-18(20-27-17)14-6-4-13(2)5-7-14/h4-11H,3,12H2,1-2H3. The van der Waals surface area contributed by atoms with Gasteiger partial charge >= 0.3 is 0 Å². The van der Waals surface area contributed by atoms with Crippen LogP contribution in [0.5, 0.6) is 0 Å². The fourth-order valence-electron chi connectivity index (χ4n) is 2.55. The quantitative estimate of drug-likeness (QED) is 0.440. The molecule has 10 heteroatoms. The zero-order valence-electron chi connectivity index (χ0n) is 15.3. The van der Waals surface area contributed by atoms with Crippen molar-refractivity contribution in [2.45, 2.75) is 25.3 Å². The Morgan fingerprint density at radius 3 is 2.32 bits per heavy atom. The highest BCUT2D eigenvalue weighted by atomic mass is 32.2. The van der Waals surface area contributed by atoms with Gasteiger partial charge in [0.2, 0.25) is 21.7 Å².